The van der Waals surface area contributed by atoms with Gasteiger partial charge < -0.3 is 9.57 Å². The molecule has 0 N–H and O–H groups in total. The molecule has 226 valence electrons. The molecule has 3 heterocycles. The Balaban J connectivity index is 1.20. The molecule has 0 bridgehead atoms. The number of hydrogen-bond acceptors (Lipinski definition) is 11. The third kappa shape index (κ3) is 6.20. The van der Waals surface area contributed by atoms with Gasteiger partial charge in [-0.05, 0) is 48.2 Å². The van der Waals surface area contributed by atoms with E-state index < -0.39 is 17.8 Å². The van der Waals surface area contributed by atoms with E-state index in [4.69, 9.17) is 4.74 Å². The second-order valence-corrected chi connectivity index (χ2v) is 10.3. The first kappa shape index (κ1) is 29.0. The molecule has 6 rings (SSSR count). The van der Waals surface area contributed by atoms with Crippen molar-refractivity contribution in [2.45, 2.75) is 39.8 Å². The number of tetrazole rings is 1. The van der Waals surface area contributed by atoms with Crippen molar-refractivity contribution in [3.05, 3.63) is 111 Å². The maximum absolute atomic E-state index is 12.9. The zero-order chi connectivity index (χ0) is 31.5. The number of amides is 1. The fourth-order valence-corrected chi connectivity index (χ4v) is 5.16. The summed E-state index contributed by atoms with van der Waals surface area (Å²) in [6, 6.07) is 21.5. The van der Waals surface area contributed by atoms with Crippen molar-refractivity contribution in [3.63, 3.8) is 0 Å². The van der Waals surface area contributed by atoms with E-state index >= 15 is 0 Å². The van der Waals surface area contributed by atoms with E-state index in [1.54, 1.807) is 17.0 Å². The smallest absolute Gasteiger partial charge is 0.407 e. The fourth-order valence-electron chi connectivity index (χ4n) is 5.16. The van der Waals surface area contributed by atoms with Crippen LogP contribution in [0, 0.1) is 24.0 Å². The number of carbonyl (C=O) groups is 2. The monoisotopic (exact) mass is 606 g/mol. The van der Waals surface area contributed by atoms with Gasteiger partial charge in [-0.15, -0.1) is 20.3 Å². The molecule has 1 amide bonds. The summed E-state index contributed by atoms with van der Waals surface area (Å²) in [5, 5.41) is 21.8. The van der Waals surface area contributed by atoms with Gasteiger partial charge in [0.15, 0.2) is 0 Å². The summed E-state index contributed by atoms with van der Waals surface area (Å²) >= 11 is 0. The van der Waals surface area contributed by atoms with Crippen molar-refractivity contribution in [1.82, 2.24) is 30.2 Å². The van der Waals surface area contributed by atoms with E-state index in [1.165, 1.54) is 12.1 Å². The van der Waals surface area contributed by atoms with E-state index in [2.05, 4.69) is 30.2 Å². The van der Waals surface area contributed by atoms with Crippen LogP contribution in [0.1, 0.15) is 34.6 Å². The Bertz CT molecular complexity index is 1920. The van der Waals surface area contributed by atoms with Crippen LogP contribution in [0.2, 0.25) is 0 Å². The summed E-state index contributed by atoms with van der Waals surface area (Å²) in [7, 11) is 0. The molecule has 14 nitrogen and oxygen atoms in total. The number of hydrogen-bond donors (Lipinski definition) is 0. The Morgan fingerprint density at radius 1 is 0.956 bits per heavy atom. The van der Waals surface area contributed by atoms with Crippen LogP contribution in [0.15, 0.2) is 72.8 Å². The molecular formula is C31H26N8O6. The molecule has 3 aromatic carbocycles. The minimum atomic E-state index is -0.950. The zero-order valence-electron chi connectivity index (χ0n) is 24.3. The molecule has 0 radical (unpaired) electrons. The predicted molar refractivity (Wildman–Crippen MR) is 159 cm³/mol. The molecule has 0 aliphatic carbocycles. The molecule has 0 saturated heterocycles. The normalized spacial score (nSPS) is 12.5. The van der Waals surface area contributed by atoms with Gasteiger partial charge in [-0.2, -0.15) is 0 Å². The van der Waals surface area contributed by atoms with E-state index in [0.717, 1.165) is 27.9 Å². The Hall–Kier alpha value is -6.05. The number of rotatable bonds is 8. The average Bonchev–Trinajstić information content (AvgIpc) is 3.53. The Labute approximate surface area is 256 Å². The maximum Gasteiger partial charge on any atom is 0.459 e. The molecular weight excluding hydrogens is 580 g/mol. The minimum Gasteiger partial charge on any atom is -0.407 e. The third-order valence-electron chi connectivity index (χ3n) is 7.30. The van der Waals surface area contributed by atoms with E-state index in [9.17, 15) is 19.7 Å². The molecule has 1 aliphatic rings. The van der Waals surface area contributed by atoms with Gasteiger partial charge in [0.2, 0.25) is 11.7 Å². The van der Waals surface area contributed by atoms with Gasteiger partial charge in [0.25, 0.3) is 5.09 Å². The van der Waals surface area contributed by atoms with E-state index in [1.807, 2.05) is 62.4 Å². The number of anilines is 1. The van der Waals surface area contributed by atoms with Gasteiger partial charge in [0, 0.05) is 28.8 Å². The van der Waals surface area contributed by atoms with Crippen LogP contribution in [-0.2, 0) is 29.2 Å². The first-order valence-electron chi connectivity index (χ1n) is 14.0. The third-order valence-corrected chi connectivity index (χ3v) is 7.30. The molecule has 2 aromatic heterocycles. The van der Waals surface area contributed by atoms with Gasteiger partial charge in [-0.3, -0.25) is 9.69 Å². The van der Waals surface area contributed by atoms with Crippen molar-refractivity contribution >= 4 is 17.8 Å². The largest absolute Gasteiger partial charge is 0.459 e. The van der Waals surface area contributed by atoms with Gasteiger partial charge in [0.05, 0.1) is 6.54 Å². The molecule has 14 heteroatoms. The summed E-state index contributed by atoms with van der Waals surface area (Å²) in [6.07, 6.45) is 0.0958. The molecule has 0 unspecified atom stereocenters. The Morgan fingerprint density at radius 3 is 2.47 bits per heavy atom. The van der Waals surface area contributed by atoms with Crippen molar-refractivity contribution in [3.8, 4) is 28.3 Å². The maximum atomic E-state index is 12.9. The second-order valence-electron chi connectivity index (χ2n) is 10.3. The van der Waals surface area contributed by atoms with Gasteiger partial charge >= 0.3 is 6.09 Å². The van der Waals surface area contributed by atoms with E-state index in [0.29, 0.717) is 47.0 Å². The molecule has 45 heavy (non-hydrogen) atoms. The number of ether oxygens (including phenoxy) is 1. The van der Waals surface area contributed by atoms with Crippen molar-refractivity contribution in [1.29, 1.82) is 0 Å². The number of fused-ring (bicyclic) bond motifs is 1. The minimum absolute atomic E-state index is 0.0236. The fraction of sp³-hybridized carbons (Fsp3) is 0.194. The number of nitrogens with zero attached hydrogens (tertiary/aromatic N) is 8. The Kier molecular flexibility index (Phi) is 7.93. The van der Waals surface area contributed by atoms with Crippen LogP contribution >= 0.6 is 0 Å². The van der Waals surface area contributed by atoms with Crippen LogP contribution < -0.4 is 9.64 Å². The zero-order valence-corrected chi connectivity index (χ0v) is 24.3. The van der Waals surface area contributed by atoms with Gasteiger partial charge in [-0.1, -0.05) is 71.5 Å². The van der Waals surface area contributed by atoms with Crippen LogP contribution in [0.25, 0.3) is 22.5 Å². The lowest BCUT2D eigenvalue weighted by atomic mass is 9.98. The van der Waals surface area contributed by atoms with Crippen LogP contribution in [-0.4, -0.2) is 47.3 Å². The second kappa shape index (κ2) is 12.3. The quantitative estimate of drug-likeness (QED) is 0.178. The van der Waals surface area contributed by atoms with Crippen molar-refractivity contribution in [2.75, 3.05) is 4.90 Å². The topological polar surface area (TPSA) is 168 Å². The van der Waals surface area contributed by atoms with Gasteiger partial charge in [0.1, 0.15) is 24.0 Å². The SMILES string of the molecule is Cc1nc(C)c2c(n1)N(Cc1ccc(-c3ccccc3-c3nnn(C(=O)Oc4ccccc4CO[N+](=O)[O-])n3)cc1)C(=O)CC2. The summed E-state index contributed by atoms with van der Waals surface area (Å²) in [5.41, 5.74) is 5.43. The lowest BCUT2D eigenvalue weighted by molar-refractivity contribution is -0.763. The number of aryl methyl sites for hydroxylation is 2. The number of para-hydroxylation sites is 1. The highest BCUT2D eigenvalue weighted by atomic mass is 16.9. The summed E-state index contributed by atoms with van der Waals surface area (Å²) in [5.74, 6) is 1.58. The number of aromatic nitrogens is 6. The number of carbonyl (C=O) groups excluding carboxylic acids is 2. The molecule has 1 aliphatic heterocycles. The predicted octanol–water partition coefficient (Wildman–Crippen LogP) is 4.65. The summed E-state index contributed by atoms with van der Waals surface area (Å²) in [6.45, 7) is 3.75. The highest BCUT2D eigenvalue weighted by molar-refractivity contribution is 5.95. The molecule has 5 aromatic rings. The first-order chi connectivity index (χ1) is 21.8. The van der Waals surface area contributed by atoms with Crippen molar-refractivity contribution in [2.24, 2.45) is 0 Å². The highest BCUT2D eigenvalue weighted by Crippen LogP contribution is 2.32. The molecule has 0 spiro atoms. The van der Waals surface area contributed by atoms with Crippen LogP contribution in [0.4, 0.5) is 10.6 Å². The van der Waals surface area contributed by atoms with E-state index in [-0.39, 0.29) is 17.5 Å². The average molecular weight is 607 g/mol. The van der Waals surface area contributed by atoms with Crippen molar-refractivity contribution < 1.29 is 24.3 Å². The van der Waals surface area contributed by atoms with Crippen LogP contribution in [0.5, 0.6) is 5.75 Å². The first-order valence-corrected chi connectivity index (χ1v) is 14.0. The standard InChI is InChI=1S/C31H26N8O6/c1-19-24-15-16-28(40)37(30(24)33-20(2)32-19)17-21-11-13-22(14-12-21)25-8-4-5-9-26(25)29-34-36-38(35-29)31(41)45-27-10-6-3-7-23(27)18-44-39(42)43/h3-14H,15-18H2,1-2H3. The molecule has 0 atom stereocenters. The highest BCUT2D eigenvalue weighted by Gasteiger charge is 2.28. The molecule has 0 fully saturated rings. The summed E-state index contributed by atoms with van der Waals surface area (Å²) < 4.78 is 5.37. The lowest BCUT2D eigenvalue weighted by Gasteiger charge is -2.29. The summed E-state index contributed by atoms with van der Waals surface area (Å²) in [4.78, 5) is 52.1. The lowest BCUT2D eigenvalue weighted by Crippen LogP contribution is -2.36. The molecule has 0 saturated carbocycles. The van der Waals surface area contributed by atoms with Crippen LogP contribution in [0.3, 0.4) is 0 Å². The Morgan fingerprint density at radius 2 is 1.69 bits per heavy atom. The number of benzene rings is 3. The van der Waals surface area contributed by atoms with Gasteiger partial charge in [-0.25, -0.2) is 14.8 Å².